The van der Waals surface area contributed by atoms with E-state index in [0.29, 0.717) is 29.9 Å². The summed E-state index contributed by atoms with van der Waals surface area (Å²) in [6.45, 7) is 0.899. The summed E-state index contributed by atoms with van der Waals surface area (Å²) in [4.78, 5) is 28.9. The number of rotatable bonds is 2. The molecule has 0 fully saturated rings. The highest BCUT2D eigenvalue weighted by Crippen LogP contribution is 2.27. The Morgan fingerprint density at radius 3 is 2.68 bits per heavy atom. The number of fused-ring (bicyclic) bond motifs is 1. The molecule has 1 aliphatic rings. The number of hydrogen-bond donors (Lipinski definition) is 0. The van der Waals surface area contributed by atoms with Crippen LogP contribution in [0.5, 0.6) is 0 Å². The van der Waals surface area contributed by atoms with Gasteiger partial charge in [0.25, 0.3) is 11.6 Å². The molecule has 22 heavy (non-hydrogen) atoms. The summed E-state index contributed by atoms with van der Waals surface area (Å²) in [5.41, 5.74) is 1.78. The van der Waals surface area contributed by atoms with Gasteiger partial charge in [-0.15, -0.1) is 0 Å². The van der Waals surface area contributed by atoms with Crippen molar-refractivity contribution in [3.8, 4) is 0 Å². The summed E-state index contributed by atoms with van der Waals surface area (Å²) in [5, 5.41) is 10.9. The van der Waals surface area contributed by atoms with Crippen molar-refractivity contribution < 1.29 is 9.72 Å². The predicted octanol–water partition coefficient (Wildman–Crippen LogP) is 2.67. The van der Waals surface area contributed by atoms with Crippen molar-refractivity contribution in [3.05, 3.63) is 69.8 Å². The van der Waals surface area contributed by atoms with Gasteiger partial charge < -0.3 is 4.90 Å². The lowest BCUT2D eigenvalue weighted by molar-refractivity contribution is -0.384. The van der Waals surface area contributed by atoms with E-state index in [1.807, 2.05) is 6.07 Å². The van der Waals surface area contributed by atoms with E-state index in [1.54, 1.807) is 41.4 Å². The molecule has 2 aromatic carbocycles. The molecule has 6 heteroatoms. The number of carbonyl (C=O) groups excluding carboxylic acids is 1. The first-order valence-corrected chi connectivity index (χ1v) is 6.82. The maximum Gasteiger partial charge on any atom is 0.270 e. The molecule has 0 aliphatic carbocycles. The smallest absolute Gasteiger partial charge is 0.270 e. The Morgan fingerprint density at radius 1 is 1.18 bits per heavy atom. The molecule has 0 radical (unpaired) electrons. The van der Waals surface area contributed by atoms with Crippen molar-refractivity contribution in [3.63, 3.8) is 0 Å². The van der Waals surface area contributed by atoms with Crippen LogP contribution in [0.2, 0.25) is 0 Å². The van der Waals surface area contributed by atoms with Gasteiger partial charge in [0, 0.05) is 36.0 Å². The molecule has 110 valence electrons. The fourth-order valence-corrected chi connectivity index (χ4v) is 2.39. The second kappa shape index (κ2) is 5.77. The van der Waals surface area contributed by atoms with E-state index >= 15 is 0 Å². The van der Waals surface area contributed by atoms with Gasteiger partial charge in [-0.3, -0.25) is 19.9 Å². The fourth-order valence-electron chi connectivity index (χ4n) is 2.39. The standard InChI is InChI=1S/C16H13N3O3/c20-16(12-4-2-1-3-5-12)18-9-8-17-11-13-10-14(19(21)22)6-7-15(13)18/h1-7,10-11H,8-9H2. The zero-order valence-electron chi connectivity index (χ0n) is 11.7. The Balaban J connectivity index is 2.02. The third-order valence-electron chi connectivity index (χ3n) is 3.46. The maximum atomic E-state index is 12.7. The molecule has 1 amide bonds. The third kappa shape index (κ3) is 2.58. The number of non-ortho nitro benzene ring substituents is 1. The topological polar surface area (TPSA) is 75.8 Å². The van der Waals surface area contributed by atoms with Crippen LogP contribution < -0.4 is 4.90 Å². The molecule has 1 aliphatic heterocycles. The summed E-state index contributed by atoms with van der Waals surface area (Å²) in [7, 11) is 0. The van der Waals surface area contributed by atoms with Crippen LogP contribution in [-0.4, -0.2) is 30.1 Å². The van der Waals surface area contributed by atoms with Crippen molar-refractivity contribution in [2.75, 3.05) is 18.0 Å². The highest BCUT2D eigenvalue weighted by Gasteiger charge is 2.22. The van der Waals surface area contributed by atoms with Crippen molar-refractivity contribution in [2.24, 2.45) is 4.99 Å². The number of amides is 1. The third-order valence-corrected chi connectivity index (χ3v) is 3.46. The van der Waals surface area contributed by atoms with E-state index in [4.69, 9.17) is 0 Å². The van der Waals surface area contributed by atoms with E-state index < -0.39 is 4.92 Å². The number of benzodiazepines with no additional fused rings is 1. The molecule has 0 spiro atoms. The van der Waals surface area contributed by atoms with Gasteiger partial charge in [-0.1, -0.05) is 18.2 Å². The predicted molar refractivity (Wildman–Crippen MR) is 83.7 cm³/mol. The molecular formula is C16H13N3O3. The minimum Gasteiger partial charge on any atom is -0.306 e. The van der Waals surface area contributed by atoms with Crippen LogP contribution in [-0.2, 0) is 0 Å². The van der Waals surface area contributed by atoms with Crippen molar-refractivity contribution in [1.29, 1.82) is 0 Å². The molecule has 3 rings (SSSR count). The molecule has 0 bridgehead atoms. The number of anilines is 1. The first-order chi connectivity index (χ1) is 10.7. The lowest BCUT2D eigenvalue weighted by Gasteiger charge is -2.22. The lowest BCUT2D eigenvalue weighted by Crippen LogP contribution is -2.33. The molecule has 0 N–H and O–H groups in total. The molecule has 2 aromatic rings. The second-order valence-electron chi connectivity index (χ2n) is 4.86. The quantitative estimate of drug-likeness (QED) is 0.631. The van der Waals surface area contributed by atoms with Crippen LogP contribution in [0.4, 0.5) is 11.4 Å². The molecule has 0 saturated carbocycles. The van der Waals surface area contributed by atoms with E-state index in [2.05, 4.69) is 4.99 Å². The monoisotopic (exact) mass is 295 g/mol. The van der Waals surface area contributed by atoms with Crippen LogP contribution in [0, 0.1) is 10.1 Å². The van der Waals surface area contributed by atoms with Crippen LogP contribution in [0.3, 0.4) is 0 Å². The van der Waals surface area contributed by atoms with Gasteiger partial charge in [-0.05, 0) is 18.2 Å². The largest absolute Gasteiger partial charge is 0.306 e. The van der Waals surface area contributed by atoms with Crippen molar-refractivity contribution in [2.45, 2.75) is 0 Å². The summed E-state index contributed by atoms with van der Waals surface area (Å²) < 4.78 is 0. The Morgan fingerprint density at radius 2 is 1.95 bits per heavy atom. The molecular weight excluding hydrogens is 282 g/mol. The number of hydrogen-bond acceptors (Lipinski definition) is 4. The molecule has 0 saturated heterocycles. The Labute approximate surface area is 126 Å². The summed E-state index contributed by atoms with van der Waals surface area (Å²) in [6, 6.07) is 13.4. The Bertz CT molecular complexity index is 756. The zero-order valence-corrected chi connectivity index (χ0v) is 11.7. The SMILES string of the molecule is O=C(c1ccccc1)N1CCN=Cc2cc([N+](=O)[O-])ccc21. The van der Waals surface area contributed by atoms with E-state index in [0.717, 1.165) is 0 Å². The number of benzene rings is 2. The molecule has 6 nitrogen and oxygen atoms in total. The van der Waals surface area contributed by atoms with Crippen LogP contribution in [0.1, 0.15) is 15.9 Å². The van der Waals surface area contributed by atoms with Gasteiger partial charge in [-0.25, -0.2) is 0 Å². The first-order valence-electron chi connectivity index (χ1n) is 6.82. The van der Waals surface area contributed by atoms with Crippen molar-refractivity contribution >= 4 is 23.5 Å². The number of nitro benzene ring substituents is 1. The van der Waals surface area contributed by atoms with E-state index in [-0.39, 0.29) is 11.6 Å². The molecule has 1 heterocycles. The maximum absolute atomic E-state index is 12.7. The van der Waals surface area contributed by atoms with Crippen LogP contribution in [0.15, 0.2) is 53.5 Å². The fraction of sp³-hybridized carbons (Fsp3) is 0.125. The van der Waals surface area contributed by atoms with E-state index in [9.17, 15) is 14.9 Å². The van der Waals surface area contributed by atoms with Gasteiger partial charge in [0.15, 0.2) is 0 Å². The second-order valence-corrected chi connectivity index (χ2v) is 4.86. The normalized spacial score (nSPS) is 13.4. The number of carbonyl (C=O) groups is 1. The minimum absolute atomic E-state index is 0.0146. The summed E-state index contributed by atoms with van der Waals surface area (Å²) >= 11 is 0. The first kappa shape index (κ1) is 13.9. The highest BCUT2D eigenvalue weighted by molar-refractivity contribution is 6.09. The van der Waals surface area contributed by atoms with Crippen LogP contribution in [0.25, 0.3) is 0 Å². The number of nitro groups is 1. The molecule has 0 unspecified atom stereocenters. The van der Waals surface area contributed by atoms with Gasteiger partial charge in [-0.2, -0.15) is 0 Å². The Hall–Kier alpha value is -3.02. The van der Waals surface area contributed by atoms with Gasteiger partial charge >= 0.3 is 0 Å². The summed E-state index contributed by atoms with van der Waals surface area (Å²) in [6.07, 6.45) is 1.58. The average Bonchev–Trinajstić information content (AvgIpc) is 2.76. The molecule has 0 aromatic heterocycles. The number of nitrogens with zero attached hydrogens (tertiary/aromatic N) is 3. The van der Waals surface area contributed by atoms with Gasteiger partial charge in [0.2, 0.25) is 0 Å². The van der Waals surface area contributed by atoms with Crippen LogP contribution >= 0.6 is 0 Å². The van der Waals surface area contributed by atoms with E-state index in [1.165, 1.54) is 12.1 Å². The Kier molecular flexibility index (Phi) is 3.65. The average molecular weight is 295 g/mol. The highest BCUT2D eigenvalue weighted by atomic mass is 16.6. The minimum atomic E-state index is -0.456. The summed E-state index contributed by atoms with van der Waals surface area (Å²) in [5.74, 6) is -0.138. The van der Waals surface area contributed by atoms with Gasteiger partial charge in [0.05, 0.1) is 17.2 Å². The molecule has 0 atom stereocenters. The lowest BCUT2D eigenvalue weighted by atomic mass is 10.1. The van der Waals surface area contributed by atoms with Crippen molar-refractivity contribution in [1.82, 2.24) is 0 Å². The number of aliphatic imine (C=N–C) groups is 1. The van der Waals surface area contributed by atoms with Gasteiger partial charge in [0.1, 0.15) is 0 Å². The zero-order chi connectivity index (χ0) is 15.5.